The Hall–Kier alpha value is -3.60. The quantitative estimate of drug-likeness (QED) is 0.413. The summed E-state index contributed by atoms with van der Waals surface area (Å²) in [6.45, 7) is 2.47. The molecule has 0 radical (unpaired) electrons. The first kappa shape index (κ1) is 26.0. The maximum Gasteiger partial charge on any atom is 0.388 e. The number of halogens is 2. The highest BCUT2D eigenvalue weighted by atomic mass is 19.3. The van der Waals surface area contributed by atoms with E-state index in [2.05, 4.69) is 25.4 Å². The Kier molecular flexibility index (Phi) is 8.00. The van der Waals surface area contributed by atoms with E-state index in [-0.39, 0.29) is 24.7 Å². The molecule has 0 spiro atoms. The van der Waals surface area contributed by atoms with Crippen molar-refractivity contribution in [1.82, 2.24) is 15.4 Å². The van der Waals surface area contributed by atoms with E-state index in [1.807, 2.05) is 32.0 Å². The lowest BCUT2D eigenvalue weighted by Gasteiger charge is -2.50. The van der Waals surface area contributed by atoms with E-state index in [4.69, 9.17) is 0 Å². The van der Waals surface area contributed by atoms with Crippen molar-refractivity contribution < 1.29 is 32.7 Å². The summed E-state index contributed by atoms with van der Waals surface area (Å²) in [7, 11) is 1.26. The van der Waals surface area contributed by atoms with Crippen LogP contribution < -0.4 is 15.5 Å². The monoisotopic (exact) mass is 490 g/mol. The summed E-state index contributed by atoms with van der Waals surface area (Å²) in [5.41, 5.74) is 2.99. The number of benzene rings is 1. The van der Waals surface area contributed by atoms with Crippen LogP contribution in [0.3, 0.4) is 0 Å². The summed E-state index contributed by atoms with van der Waals surface area (Å²) in [5.74, 6) is -1.90. The Balaban J connectivity index is 1.94. The fraction of sp³-hybridized carbons (Fsp3) is 0.417. The number of hydrogen-bond donors (Lipinski definition) is 2. The van der Waals surface area contributed by atoms with Gasteiger partial charge in [-0.25, -0.2) is 10.5 Å². The second-order valence-electron chi connectivity index (χ2n) is 8.62. The van der Waals surface area contributed by atoms with Crippen LogP contribution in [0.4, 0.5) is 14.5 Å². The third-order valence-electron chi connectivity index (χ3n) is 5.78. The summed E-state index contributed by atoms with van der Waals surface area (Å²) in [6, 6.07) is 10.4. The number of ether oxygens (including phenoxy) is 1. The Morgan fingerprint density at radius 1 is 1.14 bits per heavy atom. The predicted octanol–water partition coefficient (Wildman–Crippen LogP) is 2.90. The van der Waals surface area contributed by atoms with E-state index < -0.39 is 42.0 Å². The van der Waals surface area contributed by atoms with Gasteiger partial charge in [-0.1, -0.05) is 38.1 Å². The van der Waals surface area contributed by atoms with Crippen molar-refractivity contribution in [3.8, 4) is 5.88 Å². The van der Waals surface area contributed by atoms with E-state index in [1.165, 1.54) is 18.1 Å². The molecule has 0 atom stereocenters. The molecule has 9 nitrogen and oxygen atoms in total. The Morgan fingerprint density at radius 3 is 2.46 bits per heavy atom. The molecule has 3 rings (SSSR count). The van der Waals surface area contributed by atoms with Crippen LogP contribution in [0.5, 0.6) is 5.88 Å². The Labute approximate surface area is 201 Å². The van der Waals surface area contributed by atoms with Gasteiger partial charge in [-0.2, -0.15) is 8.78 Å². The summed E-state index contributed by atoms with van der Waals surface area (Å²) in [4.78, 5) is 48.0. The van der Waals surface area contributed by atoms with Gasteiger partial charge >= 0.3 is 6.61 Å². The van der Waals surface area contributed by atoms with Crippen LogP contribution in [-0.2, 0) is 24.6 Å². The number of rotatable bonds is 9. The molecule has 1 saturated heterocycles. The molecule has 0 unspecified atom stereocenters. The average molecular weight is 491 g/mol. The SMILES string of the molecule is CONC(=O)CC(=O)N1CC(C(=O)Nc2ccc(C)nc2OC(F)F)(c2ccccc2C(C)C)C1. The minimum atomic E-state index is -3.12. The van der Waals surface area contributed by atoms with E-state index in [0.717, 1.165) is 5.56 Å². The summed E-state index contributed by atoms with van der Waals surface area (Å²) >= 11 is 0. The first-order valence-electron chi connectivity index (χ1n) is 11.0. The molecular formula is C24H28F2N4O5. The van der Waals surface area contributed by atoms with Crippen molar-refractivity contribution in [3.05, 3.63) is 53.2 Å². The summed E-state index contributed by atoms with van der Waals surface area (Å²) < 4.78 is 30.4. The summed E-state index contributed by atoms with van der Waals surface area (Å²) in [6.07, 6.45) is -0.439. The minimum Gasteiger partial charge on any atom is -0.415 e. The highest BCUT2D eigenvalue weighted by molar-refractivity contribution is 6.04. The third kappa shape index (κ3) is 5.73. The zero-order valence-corrected chi connectivity index (χ0v) is 19.9. The molecule has 1 fully saturated rings. The first-order valence-corrected chi connectivity index (χ1v) is 11.0. The van der Waals surface area contributed by atoms with Gasteiger partial charge in [-0.3, -0.25) is 19.2 Å². The molecular weight excluding hydrogens is 462 g/mol. The molecule has 0 saturated carbocycles. The number of likely N-dealkylation sites (tertiary alicyclic amines) is 1. The van der Waals surface area contributed by atoms with Gasteiger partial charge in [0.15, 0.2) is 0 Å². The third-order valence-corrected chi connectivity index (χ3v) is 5.78. The largest absolute Gasteiger partial charge is 0.415 e. The van der Waals surface area contributed by atoms with E-state index >= 15 is 0 Å². The van der Waals surface area contributed by atoms with Crippen molar-refractivity contribution in [2.24, 2.45) is 0 Å². The molecule has 2 N–H and O–H groups in total. The normalized spacial score (nSPS) is 14.5. The highest BCUT2D eigenvalue weighted by Crippen LogP contribution is 2.40. The number of anilines is 1. The lowest BCUT2D eigenvalue weighted by atomic mass is 9.69. The molecule has 0 aliphatic carbocycles. The number of aromatic nitrogens is 1. The first-order chi connectivity index (χ1) is 16.6. The van der Waals surface area contributed by atoms with Gasteiger partial charge in [-0.15, -0.1) is 0 Å². The minimum absolute atomic E-state index is 0.00594. The van der Waals surface area contributed by atoms with Crippen molar-refractivity contribution in [2.75, 3.05) is 25.5 Å². The molecule has 1 aromatic carbocycles. The number of pyridine rings is 1. The molecule has 1 aliphatic heterocycles. The van der Waals surface area contributed by atoms with Gasteiger partial charge in [0.25, 0.3) is 5.91 Å². The number of carbonyl (C=O) groups excluding carboxylic acids is 3. The Morgan fingerprint density at radius 2 is 1.83 bits per heavy atom. The van der Waals surface area contributed by atoms with Crippen molar-refractivity contribution >= 4 is 23.4 Å². The number of amides is 3. The number of nitrogens with zero attached hydrogens (tertiary/aromatic N) is 2. The average Bonchev–Trinajstić information content (AvgIpc) is 2.75. The molecule has 2 heterocycles. The fourth-order valence-electron chi connectivity index (χ4n) is 4.10. The van der Waals surface area contributed by atoms with E-state index in [1.54, 1.807) is 19.1 Å². The molecule has 3 amide bonds. The molecule has 35 heavy (non-hydrogen) atoms. The van der Waals surface area contributed by atoms with Gasteiger partial charge in [0.1, 0.15) is 17.5 Å². The van der Waals surface area contributed by atoms with Gasteiger partial charge in [0.05, 0.1) is 7.11 Å². The van der Waals surface area contributed by atoms with Crippen molar-refractivity contribution in [2.45, 2.75) is 45.1 Å². The highest BCUT2D eigenvalue weighted by Gasteiger charge is 2.53. The second kappa shape index (κ2) is 10.8. The van der Waals surface area contributed by atoms with Crippen LogP contribution in [0.1, 0.15) is 43.0 Å². The Bertz CT molecular complexity index is 1100. The molecule has 11 heteroatoms. The predicted molar refractivity (Wildman–Crippen MR) is 123 cm³/mol. The van der Waals surface area contributed by atoms with Crippen LogP contribution in [0.15, 0.2) is 36.4 Å². The number of hydroxylamine groups is 1. The second-order valence-corrected chi connectivity index (χ2v) is 8.62. The zero-order chi connectivity index (χ0) is 25.8. The lowest BCUT2D eigenvalue weighted by molar-refractivity contribution is -0.148. The number of alkyl halides is 2. The topological polar surface area (TPSA) is 110 Å². The molecule has 2 aromatic rings. The van der Waals surface area contributed by atoms with E-state index in [9.17, 15) is 23.2 Å². The molecule has 1 aromatic heterocycles. The van der Waals surface area contributed by atoms with E-state index in [0.29, 0.717) is 11.3 Å². The maximum absolute atomic E-state index is 13.7. The van der Waals surface area contributed by atoms with Gasteiger partial charge in [0, 0.05) is 18.8 Å². The fourth-order valence-corrected chi connectivity index (χ4v) is 4.10. The van der Waals surface area contributed by atoms with Crippen LogP contribution in [-0.4, -0.2) is 54.4 Å². The number of hydrogen-bond acceptors (Lipinski definition) is 6. The van der Waals surface area contributed by atoms with Crippen LogP contribution in [0.25, 0.3) is 0 Å². The number of aryl methyl sites for hydroxylation is 1. The van der Waals surface area contributed by atoms with Crippen molar-refractivity contribution in [1.29, 1.82) is 0 Å². The van der Waals surface area contributed by atoms with Crippen LogP contribution in [0, 0.1) is 6.92 Å². The molecule has 188 valence electrons. The van der Waals surface area contributed by atoms with Crippen molar-refractivity contribution in [3.63, 3.8) is 0 Å². The summed E-state index contributed by atoms with van der Waals surface area (Å²) in [5, 5.41) is 2.67. The number of nitrogens with one attached hydrogen (secondary N) is 2. The van der Waals surface area contributed by atoms with Gasteiger partial charge < -0.3 is 15.0 Å². The smallest absolute Gasteiger partial charge is 0.388 e. The molecule has 0 bridgehead atoms. The van der Waals surface area contributed by atoms with Gasteiger partial charge in [-0.05, 0) is 36.1 Å². The lowest BCUT2D eigenvalue weighted by Crippen LogP contribution is -2.67. The zero-order valence-electron chi connectivity index (χ0n) is 19.9. The maximum atomic E-state index is 13.7. The molecule has 1 aliphatic rings. The standard InChI is InChI=1S/C24H28F2N4O5/c1-14(2)16-7-5-6-8-17(16)24(12-30(13-24)20(32)11-19(31)29-34-4)22(33)28-18-10-9-15(3)27-21(18)35-23(25)26/h5-10,14,23H,11-13H2,1-4H3,(H,28,33)(H,29,31). The van der Waals surface area contributed by atoms with Crippen LogP contribution in [0.2, 0.25) is 0 Å². The van der Waals surface area contributed by atoms with Gasteiger partial charge in [0.2, 0.25) is 17.7 Å². The number of carbonyl (C=O) groups is 3. The van der Waals surface area contributed by atoms with Crippen LogP contribution >= 0.6 is 0 Å².